The summed E-state index contributed by atoms with van der Waals surface area (Å²) in [6.45, 7) is 4.41. The van der Waals surface area contributed by atoms with Gasteiger partial charge in [0.15, 0.2) is 0 Å². The summed E-state index contributed by atoms with van der Waals surface area (Å²) in [5, 5.41) is 9.96. The van der Waals surface area contributed by atoms with Crippen molar-refractivity contribution in [2.75, 3.05) is 5.48 Å². The van der Waals surface area contributed by atoms with Crippen LogP contribution in [0.5, 0.6) is 0 Å². The number of hydrogen-bond donors (Lipinski definition) is 2. The minimum absolute atomic E-state index is 0.0364. The van der Waals surface area contributed by atoms with Crippen molar-refractivity contribution in [3.05, 3.63) is 64.7 Å². The molecule has 192 valence electrons. The quantitative estimate of drug-likeness (QED) is 0.165. The molecule has 35 heavy (non-hydrogen) atoms. The van der Waals surface area contributed by atoms with E-state index in [0.717, 1.165) is 49.7 Å². The van der Waals surface area contributed by atoms with Crippen LogP contribution in [-0.2, 0) is 17.7 Å². The summed E-state index contributed by atoms with van der Waals surface area (Å²) in [6.07, 6.45) is 15.4. The number of aromatic carboxylic acids is 1. The lowest BCUT2D eigenvalue weighted by Crippen LogP contribution is -2.18. The third kappa shape index (κ3) is 10.5. The molecule has 2 aromatic carbocycles. The zero-order chi connectivity index (χ0) is 25.3. The van der Waals surface area contributed by atoms with Gasteiger partial charge in [0.25, 0.3) is 0 Å². The van der Waals surface area contributed by atoms with Crippen molar-refractivity contribution in [1.82, 2.24) is 0 Å². The van der Waals surface area contributed by atoms with Crippen LogP contribution in [0.3, 0.4) is 0 Å². The number of carboxylic acids is 1. The summed E-state index contributed by atoms with van der Waals surface area (Å²) >= 11 is 0. The number of para-hydroxylation sites is 1. The molecule has 0 amide bonds. The molecule has 0 heterocycles. The van der Waals surface area contributed by atoms with E-state index in [-0.39, 0.29) is 11.1 Å². The molecule has 0 aliphatic heterocycles. The third-order valence-corrected chi connectivity index (χ3v) is 6.37. The molecular formula is C30H43NO4. The van der Waals surface area contributed by atoms with Crippen LogP contribution in [0.15, 0.2) is 42.5 Å². The highest BCUT2D eigenvalue weighted by atomic mass is 16.7. The molecule has 0 saturated heterocycles. The summed E-state index contributed by atoms with van der Waals surface area (Å²) in [6, 6.07) is 12.8. The molecule has 0 radical (unpaired) electrons. The van der Waals surface area contributed by atoms with Crippen LogP contribution in [0.2, 0.25) is 0 Å². The lowest BCUT2D eigenvalue weighted by molar-refractivity contribution is 0.0577. The van der Waals surface area contributed by atoms with Gasteiger partial charge in [-0.1, -0.05) is 102 Å². The van der Waals surface area contributed by atoms with E-state index in [1.54, 1.807) is 18.2 Å². The monoisotopic (exact) mass is 481 g/mol. The molecule has 0 aromatic heterocycles. The van der Waals surface area contributed by atoms with Crippen LogP contribution in [0.4, 0.5) is 5.69 Å². The Balaban J connectivity index is 2.17. The maximum absolute atomic E-state index is 13.1. The van der Waals surface area contributed by atoms with Crippen LogP contribution in [0.25, 0.3) is 0 Å². The zero-order valence-corrected chi connectivity index (χ0v) is 21.6. The minimum Gasteiger partial charge on any atom is -0.478 e. The average Bonchev–Trinajstić information content (AvgIpc) is 2.87. The van der Waals surface area contributed by atoms with Crippen molar-refractivity contribution in [1.29, 1.82) is 0 Å². The van der Waals surface area contributed by atoms with Gasteiger partial charge in [0.1, 0.15) is 0 Å². The standard InChI is InChI=1S/C30H43NO4/c1-3-5-7-9-11-14-18-24-22-25(19-15-12-10-8-6-4-2)28(27(23-24)29(32)33)30(34)35-31-26-20-16-13-17-21-26/h13,16-17,20-23,31H,3-12,14-15,18-19H2,1-2H3,(H,32,33). The highest BCUT2D eigenvalue weighted by molar-refractivity contribution is 6.04. The molecule has 2 rings (SSSR count). The molecule has 0 bridgehead atoms. The summed E-state index contributed by atoms with van der Waals surface area (Å²) in [4.78, 5) is 30.6. The number of rotatable bonds is 18. The first-order valence-corrected chi connectivity index (χ1v) is 13.5. The molecule has 5 heteroatoms. The number of benzene rings is 2. The Bertz CT molecular complexity index is 895. The van der Waals surface area contributed by atoms with Gasteiger partial charge in [-0.2, -0.15) is 0 Å². The lowest BCUT2D eigenvalue weighted by Gasteiger charge is -2.15. The molecule has 2 aromatic rings. The van der Waals surface area contributed by atoms with Crippen molar-refractivity contribution in [2.45, 2.75) is 104 Å². The third-order valence-electron chi connectivity index (χ3n) is 6.37. The van der Waals surface area contributed by atoms with Crippen molar-refractivity contribution in [3.8, 4) is 0 Å². The number of hydrogen-bond acceptors (Lipinski definition) is 4. The van der Waals surface area contributed by atoms with E-state index < -0.39 is 11.9 Å². The number of anilines is 1. The van der Waals surface area contributed by atoms with E-state index in [2.05, 4.69) is 19.3 Å². The van der Waals surface area contributed by atoms with Gasteiger partial charge in [-0.05, 0) is 55.0 Å². The maximum atomic E-state index is 13.1. The van der Waals surface area contributed by atoms with Crippen LogP contribution < -0.4 is 5.48 Å². The number of unbranched alkanes of at least 4 members (excludes halogenated alkanes) is 10. The molecule has 0 unspecified atom stereocenters. The second-order valence-corrected chi connectivity index (χ2v) is 9.38. The van der Waals surface area contributed by atoms with Gasteiger partial charge in [0.2, 0.25) is 0 Å². The second kappa shape index (κ2) is 16.7. The maximum Gasteiger partial charge on any atom is 0.363 e. The van der Waals surface area contributed by atoms with Crippen LogP contribution in [0.1, 0.15) is 123 Å². The average molecular weight is 482 g/mol. The Hall–Kier alpha value is -2.82. The molecule has 0 atom stereocenters. The van der Waals surface area contributed by atoms with Gasteiger partial charge >= 0.3 is 11.9 Å². The predicted molar refractivity (Wildman–Crippen MR) is 143 cm³/mol. The summed E-state index contributed by atoms with van der Waals surface area (Å²) in [5.41, 5.74) is 5.27. The molecular weight excluding hydrogens is 438 g/mol. The first-order chi connectivity index (χ1) is 17.1. The lowest BCUT2D eigenvalue weighted by atomic mass is 9.92. The van der Waals surface area contributed by atoms with Crippen LogP contribution >= 0.6 is 0 Å². The molecule has 0 aliphatic carbocycles. The zero-order valence-electron chi connectivity index (χ0n) is 21.6. The number of carbonyl (C=O) groups excluding carboxylic acids is 1. The fraction of sp³-hybridized carbons (Fsp3) is 0.533. The van der Waals surface area contributed by atoms with Gasteiger partial charge < -0.3 is 9.94 Å². The van der Waals surface area contributed by atoms with Gasteiger partial charge in [0.05, 0.1) is 16.8 Å². The summed E-state index contributed by atoms with van der Waals surface area (Å²) in [7, 11) is 0. The van der Waals surface area contributed by atoms with E-state index in [0.29, 0.717) is 12.1 Å². The van der Waals surface area contributed by atoms with Crippen LogP contribution in [0, 0.1) is 0 Å². The molecule has 2 N–H and O–H groups in total. The predicted octanol–water partition coefficient (Wildman–Crippen LogP) is 8.37. The summed E-state index contributed by atoms with van der Waals surface area (Å²) in [5.74, 6) is -1.75. The number of aryl methyl sites for hydroxylation is 2. The first-order valence-electron chi connectivity index (χ1n) is 13.5. The smallest absolute Gasteiger partial charge is 0.363 e. The highest BCUT2D eigenvalue weighted by Crippen LogP contribution is 2.24. The number of carboxylic acid groups (broad SMARTS) is 1. The van der Waals surface area contributed by atoms with Crippen molar-refractivity contribution in [2.24, 2.45) is 0 Å². The van der Waals surface area contributed by atoms with E-state index in [1.807, 2.05) is 24.3 Å². The topological polar surface area (TPSA) is 75.6 Å². The van der Waals surface area contributed by atoms with E-state index >= 15 is 0 Å². The normalized spacial score (nSPS) is 10.8. The number of nitrogens with one attached hydrogen (secondary N) is 1. The Morgan fingerprint density at radius 2 is 1.34 bits per heavy atom. The molecule has 0 fully saturated rings. The van der Waals surface area contributed by atoms with Gasteiger partial charge in [-0.25, -0.2) is 15.1 Å². The van der Waals surface area contributed by atoms with Gasteiger partial charge in [-0.3, -0.25) is 0 Å². The van der Waals surface area contributed by atoms with E-state index in [4.69, 9.17) is 4.84 Å². The molecule has 0 saturated carbocycles. The van der Waals surface area contributed by atoms with E-state index in [9.17, 15) is 14.7 Å². The fourth-order valence-corrected chi connectivity index (χ4v) is 4.39. The molecule has 0 spiro atoms. The SMILES string of the molecule is CCCCCCCCc1cc(CCCCCCCC)c(C(=O)ONc2ccccc2)c(C(=O)O)c1. The molecule has 0 aliphatic rings. The molecule has 5 nitrogen and oxygen atoms in total. The van der Waals surface area contributed by atoms with Crippen molar-refractivity contribution >= 4 is 17.6 Å². The fourth-order valence-electron chi connectivity index (χ4n) is 4.39. The Kier molecular flexibility index (Phi) is 13.6. The number of carbonyl (C=O) groups is 2. The van der Waals surface area contributed by atoms with Crippen molar-refractivity contribution in [3.63, 3.8) is 0 Å². The first kappa shape index (κ1) is 28.4. The van der Waals surface area contributed by atoms with E-state index in [1.165, 1.54) is 44.9 Å². The van der Waals surface area contributed by atoms with Gasteiger partial charge in [0, 0.05) is 0 Å². The Morgan fingerprint density at radius 3 is 1.94 bits per heavy atom. The second-order valence-electron chi connectivity index (χ2n) is 9.38. The minimum atomic E-state index is -1.09. The largest absolute Gasteiger partial charge is 0.478 e. The highest BCUT2D eigenvalue weighted by Gasteiger charge is 2.23. The van der Waals surface area contributed by atoms with Gasteiger partial charge in [-0.15, -0.1) is 0 Å². The Morgan fingerprint density at radius 1 is 0.771 bits per heavy atom. The van der Waals surface area contributed by atoms with Crippen LogP contribution in [-0.4, -0.2) is 17.0 Å². The summed E-state index contributed by atoms with van der Waals surface area (Å²) < 4.78 is 0. The Labute approximate surface area is 211 Å². The van der Waals surface area contributed by atoms with Crippen molar-refractivity contribution < 1.29 is 19.5 Å².